The van der Waals surface area contributed by atoms with Gasteiger partial charge in [-0.1, -0.05) is 12.1 Å². The van der Waals surface area contributed by atoms with Crippen molar-refractivity contribution in [2.75, 3.05) is 13.1 Å². The van der Waals surface area contributed by atoms with Crippen molar-refractivity contribution in [3.8, 4) is 5.88 Å². The third-order valence-electron chi connectivity index (χ3n) is 6.86. The molecule has 5 rings (SSSR count). The quantitative estimate of drug-likeness (QED) is 0.614. The second-order valence-electron chi connectivity index (χ2n) is 8.86. The van der Waals surface area contributed by atoms with Gasteiger partial charge >= 0.3 is 5.69 Å². The maximum Gasteiger partial charge on any atom is 0.333 e. The highest BCUT2D eigenvalue weighted by Gasteiger charge is 2.44. The Morgan fingerprint density at radius 2 is 1.94 bits per heavy atom. The normalized spacial score (nSPS) is 20.4. The van der Waals surface area contributed by atoms with Crippen molar-refractivity contribution in [2.24, 2.45) is 14.1 Å². The van der Waals surface area contributed by atoms with Gasteiger partial charge in [0.15, 0.2) is 0 Å². The van der Waals surface area contributed by atoms with Crippen LogP contribution < -0.4 is 16.0 Å². The number of ether oxygens (including phenoxy) is 1. The van der Waals surface area contributed by atoms with Gasteiger partial charge in [0.1, 0.15) is 5.60 Å². The fourth-order valence-electron chi connectivity index (χ4n) is 5.00. The number of carbonyl (C=O) groups is 1. The fraction of sp³-hybridized carbons (Fsp3) is 0.478. The summed E-state index contributed by atoms with van der Waals surface area (Å²) in [6.07, 6.45) is 4.84. The first kappa shape index (κ1) is 20.5. The van der Waals surface area contributed by atoms with Gasteiger partial charge in [0.2, 0.25) is 11.8 Å². The Kier molecular flexibility index (Phi) is 4.91. The molecule has 2 aromatic heterocycles. The van der Waals surface area contributed by atoms with Crippen molar-refractivity contribution in [3.63, 3.8) is 0 Å². The van der Waals surface area contributed by atoms with Crippen LogP contribution in [0.4, 0.5) is 0 Å². The lowest BCUT2D eigenvalue weighted by Gasteiger charge is -2.27. The Hall–Kier alpha value is -3.36. The summed E-state index contributed by atoms with van der Waals surface area (Å²) in [6.45, 7) is 1.83. The highest BCUT2D eigenvalue weighted by atomic mass is 16.5. The molecular formula is C23H27N5O4. The zero-order valence-corrected chi connectivity index (χ0v) is 18.4. The van der Waals surface area contributed by atoms with Crippen molar-refractivity contribution >= 4 is 16.9 Å². The lowest BCUT2D eigenvalue weighted by Crippen LogP contribution is -2.38. The molecule has 32 heavy (non-hydrogen) atoms. The Labute approximate surface area is 184 Å². The van der Waals surface area contributed by atoms with Crippen LogP contribution in [0, 0.1) is 0 Å². The average molecular weight is 438 g/mol. The van der Waals surface area contributed by atoms with E-state index in [4.69, 9.17) is 4.74 Å². The predicted octanol–water partition coefficient (Wildman–Crippen LogP) is 1.21. The topological polar surface area (TPSA) is 91.4 Å². The molecule has 9 nitrogen and oxygen atoms in total. The molecule has 168 valence electrons. The molecule has 9 heteroatoms. The number of likely N-dealkylation sites (tertiary alicyclic amines) is 1. The van der Waals surface area contributed by atoms with Gasteiger partial charge in [-0.2, -0.15) is 0 Å². The average Bonchev–Trinajstić information content (AvgIpc) is 3.32. The van der Waals surface area contributed by atoms with Gasteiger partial charge in [0, 0.05) is 53.0 Å². The van der Waals surface area contributed by atoms with Crippen LogP contribution in [-0.4, -0.2) is 48.2 Å². The number of amides is 1. The van der Waals surface area contributed by atoms with E-state index in [1.54, 1.807) is 13.4 Å². The molecule has 1 fully saturated rings. The Bertz CT molecular complexity index is 1320. The zero-order valence-electron chi connectivity index (χ0n) is 18.4. The first-order chi connectivity index (χ1) is 15.4. The zero-order chi connectivity index (χ0) is 22.5. The summed E-state index contributed by atoms with van der Waals surface area (Å²) in [7, 11) is 3.12. The number of hydrogen-bond donors (Lipinski definition) is 0. The molecule has 0 aliphatic carbocycles. The molecule has 4 heterocycles. The van der Waals surface area contributed by atoms with E-state index < -0.39 is 5.60 Å². The van der Waals surface area contributed by atoms with E-state index in [9.17, 15) is 14.4 Å². The summed E-state index contributed by atoms with van der Waals surface area (Å²) in [5, 5.41) is 0. The van der Waals surface area contributed by atoms with Gasteiger partial charge < -0.3 is 14.2 Å². The van der Waals surface area contributed by atoms with Gasteiger partial charge in [-0.05, 0) is 25.0 Å². The SMILES string of the molecule is Cn1c2c(c(=O)n(C)c1=O)CC1(CCCN(C(=O)CCn3cnc4ccccc43)CC1)O2. The summed E-state index contributed by atoms with van der Waals surface area (Å²) in [5.74, 6) is 0.489. The molecule has 1 atom stereocenters. The summed E-state index contributed by atoms with van der Waals surface area (Å²) in [6, 6.07) is 7.90. The molecule has 0 N–H and O–H groups in total. The van der Waals surface area contributed by atoms with Gasteiger partial charge in [0.25, 0.3) is 5.56 Å². The highest BCUT2D eigenvalue weighted by Crippen LogP contribution is 2.38. The van der Waals surface area contributed by atoms with Crippen LogP contribution in [0.2, 0.25) is 0 Å². The van der Waals surface area contributed by atoms with Gasteiger partial charge in [-0.15, -0.1) is 0 Å². The molecule has 0 bridgehead atoms. The molecule has 3 aromatic rings. The molecule has 0 radical (unpaired) electrons. The Morgan fingerprint density at radius 1 is 1.12 bits per heavy atom. The minimum Gasteiger partial charge on any atom is -0.471 e. The van der Waals surface area contributed by atoms with Gasteiger partial charge in [-0.3, -0.25) is 18.7 Å². The summed E-state index contributed by atoms with van der Waals surface area (Å²) >= 11 is 0. The lowest BCUT2D eigenvalue weighted by atomic mass is 9.90. The summed E-state index contributed by atoms with van der Waals surface area (Å²) < 4.78 is 10.8. The number of imidazole rings is 1. The monoisotopic (exact) mass is 437 g/mol. The molecular weight excluding hydrogens is 410 g/mol. The van der Waals surface area contributed by atoms with E-state index in [0.29, 0.717) is 50.3 Å². The third-order valence-corrected chi connectivity index (χ3v) is 6.86. The van der Waals surface area contributed by atoms with Crippen LogP contribution in [0.5, 0.6) is 5.88 Å². The lowest BCUT2D eigenvalue weighted by molar-refractivity contribution is -0.131. The number of benzene rings is 1. The second-order valence-corrected chi connectivity index (χ2v) is 8.86. The molecule has 1 amide bonds. The molecule has 1 saturated heterocycles. The standard InChI is InChI=1S/C23H27N5O4/c1-25-20(30)16-14-23(32-21(16)26(2)22(25)31)9-5-11-27(13-10-23)19(29)8-12-28-15-24-17-6-3-4-7-18(17)28/h3-4,6-7,15H,5,8-14H2,1-2H3. The molecule has 1 spiro atoms. The summed E-state index contributed by atoms with van der Waals surface area (Å²) in [4.78, 5) is 44.1. The number of aryl methyl sites for hydroxylation is 1. The van der Waals surface area contributed by atoms with Crippen LogP contribution in [0.3, 0.4) is 0 Å². The van der Waals surface area contributed by atoms with E-state index in [1.807, 2.05) is 33.7 Å². The predicted molar refractivity (Wildman–Crippen MR) is 119 cm³/mol. The number of nitrogens with zero attached hydrogens (tertiary/aromatic N) is 5. The minimum atomic E-state index is -0.532. The van der Waals surface area contributed by atoms with Gasteiger partial charge in [0.05, 0.1) is 22.9 Å². The van der Waals surface area contributed by atoms with Crippen molar-refractivity contribution < 1.29 is 9.53 Å². The number of rotatable bonds is 3. The number of aromatic nitrogens is 4. The smallest absolute Gasteiger partial charge is 0.333 e. The van der Waals surface area contributed by atoms with Crippen LogP contribution >= 0.6 is 0 Å². The van der Waals surface area contributed by atoms with E-state index >= 15 is 0 Å². The van der Waals surface area contributed by atoms with Crippen molar-refractivity contribution in [3.05, 3.63) is 57.0 Å². The number of carbonyl (C=O) groups excluding carboxylic acids is 1. The molecule has 2 aliphatic heterocycles. The molecule has 1 aromatic carbocycles. The maximum absolute atomic E-state index is 13.0. The second kappa shape index (κ2) is 7.65. The first-order valence-corrected chi connectivity index (χ1v) is 11.0. The largest absolute Gasteiger partial charge is 0.471 e. The maximum atomic E-state index is 13.0. The Morgan fingerprint density at radius 3 is 2.78 bits per heavy atom. The molecule has 1 unspecified atom stereocenters. The fourth-order valence-corrected chi connectivity index (χ4v) is 5.00. The first-order valence-electron chi connectivity index (χ1n) is 11.0. The van der Waals surface area contributed by atoms with E-state index in [2.05, 4.69) is 4.98 Å². The Balaban J connectivity index is 1.27. The van der Waals surface area contributed by atoms with Crippen molar-refractivity contribution in [1.82, 2.24) is 23.6 Å². The van der Waals surface area contributed by atoms with Crippen LogP contribution in [0.15, 0.2) is 40.2 Å². The van der Waals surface area contributed by atoms with E-state index in [-0.39, 0.29) is 17.2 Å². The molecule has 0 saturated carbocycles. The number of fused-ring (bicyclic) bond motifs is 2. The van der Waals surface area contributed by atoms with Crippen molar-refractivity contribution in [2.45, 2.75) is 44.2 Å². The minimum absolute atomic E-state index is 0.110. The van der Waals surface area contributed by atoms with Crippen LogP contribution in [0.25, 0.3) is 11.0 Å². The van der Waals surface area contributed by atoms with Gasteiger partial charge in [-0.25, -0.2) is 9.78 Å². The van der Waals surface area contributed by atoms with E-state index in [0.717, 1.165) is 28.4 Å². The van der Waals surface area contributed by atoms with Crippen LogP contribution in [-0.2, 0) is 31.9 Å². The van der Waals surface area contributed by atoms with Crippen LogP contribution in [0.1, 0.15) is 31.2 Å². The number of hydrogen-bond acceptors (Lipinski definition) is 5. The summed E-state index contributed by atoms with van der Waals surface area (Å²) in [5.41, 5.74) is 1.30. The van der Waals surface area contributed by atoms with E-state index in [1.165, 1.54) is 11.6 Å². The third kappa shape index (κ3) is 3.32. The highest BCUT2D eigenvalue weighted by molar-refractivity contribution is 5.77. The van der Waals surface area contributed by atoms with Crippen molar-refractivity contribution in [1.29, 1.82) is 0 Å². The number of para-hydroxylation sites is 2. The molecule has 2 aliphatic rings.